The average Bonchev–Trinajstić information content (AvgIpc) is 2.46. The van der Waals surface area contributed by atoms with Crippen LogP contribution in [0.1, 0.15) is 46.5 Å². The van der Waals surface area contributed by atoms with Crippen LogP contribution in [0.25, 0.3) is 0 Å². The lowest BCUT2D eigenvalue weighted by atomic mass is 9.73. The average molecular weight is 342 g/mol. The molecule has 0 spiro atoms. The Morgan fingerprint density at radius 3 is 2.08 bits per heavy atom. The third kappa shape index (κ3) is 6.47. The van der Waals surface area contributed by atoms with Gasteiger partial charge in [0, 0.05) is 5.57 Å². The maximum absolute atomic E-state index is 11.9. The molecule has 24 heavy (non-hydrogen) atoms. The minimum absolute atomic E-state index is 0.0918. The number of esters is 1. The number of carbonyl (C=O) groups is 3. The van der Waals surface area contributed by atoms with Crippen LogP contribution in [0.3, 0.4) is 0 Å². The summed E-state index contributed by atoms with van der Waals surface area (Å²) in [6.07, 6.45) is 0.534. The van der Waals surface area contributed by atoms with Crippen molar-refractivity contribution in [2.45, 2.75) is 52.1 Å². The van der Waals surface area contributed by atoms with Crippen molar-refractivity contribution in [2.75, 3.05) is 13.2 Å². The van der Waals surface area contributed by atoms with Gasteiger partial charge in [-0.15, -0.1) is 0 Å². The Kier molecular flexibility index (Phi) is 6.62. The summed E-state index contributed by atoms with van der Waals surface area (Å²) in [5.74, 6) is -0.558. The van der Waals surface area contributed by atoms with Gasteiger partial charge in [-0.1, -0.05) is 20.4 Å². The van der Waals surface area contributed by atoms with Crippen molar-refractivity contribution in [1.29, 1.82) is 0 Å². The lowest BCUT2D eigenvalue weighted by Gasteiger charge is -2.43. The van der Waals surface area contributed by atoms with Crippen LogP contribution < -0.4 is 10.6 Å². The molecule has 3 N–H and O–H groups in total. The van der Waals surface area contributed by atoms with Crippen molar-refractivity contribution >= 4 is 18.2 Å². The smallest absolute Gasteiger partial charge is 0.409 e. The van der Waals surface area contributed by atoms with Gasteiger partial charge in [0.25, 0.3) is 0 Å². The van der Waals surface area contributed by atoms with E-state index in [4.69, 9.17) is 14.6 Å². The molecule has 1 fully saturated rings. The van der Waals surface area contributed by atoms with Crippen LogP contribution in [0.5, 0.6) is 0 Å². The first kappa shape index (κ1) is 19.8. The highest BCUT2D eigenvalue weighted by Crippen LogP contribution is 2.39. The van der Waals surface area contributed by atoms with Crippen LogP contribution in [0.15, 0.2) is 12.2 Å². The van der Waals surface area contributed by atoms with Gasteiger partial charge in [-0.05, 0) is 38.0 Å². The summed E-state index contributed by atoms with van der Waals surface area (Å²) in [5.41, 5.74) is -0.673. The van der Waals surface area contributed by atoms with Gasteiger partial charge in [0.05, 0.1) is 0 Å². The Labute approximate surface area is 141 Å². The van der Waals surface area contributed by atoms with E-state index in [1.165, 1.54) is 6.92 Å². The van der Waals surface area contributed by atoms with Crippen LogP contribution in [0, 0.1) is 5.41 Å². The fraction of sp³-hybridized carbons (Fsp3) is 0.688. The first-order valence-electron chi connectivity index (χ1n) is 7.84. The largest absolute Gasteiger partial charge is 0.465 e. The topological polar surface area (TPSA) is 114 Å². The number of ether oxygens (including phenoxy) is 2. The number of nitrogens with one attached hydrogen (secondary N) is 2. The van der Waals surface area contributed by atoms with Crippen molar-refractivity contribution in [1.82, 2.24) is 10.6 Å². The van der Waals surface area contributed by atoms with Gasteiger partial charge in [0.2, 0.25) is 0 Å². The van der Waals surface area contributed by atoms with Crippen molar-refractivity contribution in [3.8, 4) is 0 Å². The van der Waals surface area contributed by atoms with Crippen molar-refractivity contribution in [2.24, 2.45) is 5.41 Å². The zero-order valence-electron chi connectivity index (χ0n) is 14.4. The van der Waals surface area contributed by atoms with Crippen LogP contribution in [0.2, 0.25) is 0 Å². The van der Waals surface area contributed by atoms with E-state index in [1.54, 1.807) is 0 Å². The van der Waals surface area contributed by atoms with Crippen LogP contribution in [-0.4, -0.2) is 42.1 Å². The molecule has 136 valence electrons. The molecule has 1 saturated carbocycles. The van der Waals surface area contributed by atoms with E-state index in [0.29, 0.717) is 12.8 Å². The maximum atomic E-state index is 11.9. The molecule has 1 aliphatic carbocycles. The first-order valence-corrected chi connectivity index (χ1v) is 7.84. The number of carboxylic acid groups (broad SMARTS) is 1. The lowest BCUT2D eigenvalue weighted by molar-refractivity contribution is -0.139. The molecular formula is C16H26N2O6. The Morgan fingerprint density at radius 2 is 1.58 bits per heavy atom. The summed E-state index contributed by atoms with van der Waals surface area (Å²) in [5, 5.41) is 14.0. The highest BCUT2D eigenvalue weighted by molar-refractivity contribution is 5.86. The maximum Gasteiger partial charge on any atom is 0.409 e. The first-order chi connectivity index (χ1) is 11.1. The van der Waals surface area contributed by atoms with Crippen molar-refractivity contribution < 1.29 is 29.0 Å². The summed E-state index contributed by atoms with van der Waals surface area (Å²) in [6, 6.07) is 0. The van der Waals surface area contributed by atoms with Gasteiger partial charge in [-0.25, -0.2) is 14.4 Å². The van der Waals surface area contributed by atoms with Crippen molar-refractivity contribution in [3.63, 3.8) is 0 Å². The number of amides is 2. The summed E-state index contributed by atoms with van der Waals surface area (Å²) in [6.45, 7) is 8.94. The molecule has 0 unspecified atom stereocenters. The minimum atomic E-state index is -1.20. The van der Waals surface area contributed by atoms with E-state index in [9.17, 15) is 14.4 Å². The minimum Gasteiger partial charge on any atom is -0.465 e. The highest BCUT2D eigenvalue weighted by atomic mass is 16.6. The Hall–Kier alpha value is -2.25. The van der Waals surface area contributed by atoms with Gasteiger partial charge in [0.15, 0.2) is 0 Å². The third-order valence-electron chi connectivity index (χ3n) is 4.04. The number of hydrogen-bond acceptors (Lipinski definition) is 5. The van der Waals surface area contributed by atoms with Gasteiger partial charge >= 0.3 is 18.2 Å². The molecule has 1 aliphatic rings. The summed E-state index contributed by atoms with van der Waals surface area (Å²) < 4.78 is 9.75. The number of carbonyl (C=O) groups excluding carboxylic acids is 2. The van der Waals surface area contributed by atoms with Crippen molar-refractivity contribution in [3.05, 3.63) is 12.2 Å². The van der Waals surface area contributed by atoms with Gasteiger partial charge in [0.1, 0.15) is 18.9 Å². The molecule has 0 radical (unpaired) electrons. The summed E-state index contributed by atoms with van der Waals surface area (Å²) in [4.78, 5) is 34.1. The predicted molar refractivity (Wildman–Crippen MR) is 86.4 cm³/mol. The van der Waals surface area contributed by atoms with E-state index >= 15 is 0 Å². The van der Waals surface area contributed by atoms with E-state index < -0.39 is 23.8 Å². The van der Waals surface area contributed by atoms with Crippen LogP contribution in [0.4, 0.5) is 9.59 Å². The summed E-state index contributed by atoms with van der Waals surface area (Å²) >= 11 is 0. The number of hydrogen-bond donors (Lipinski definition) is 3. The van der Waals surface area contributed by atoms with Gasteiger partial charge < -0.3 is 14.6 Å². The molecule has 0 heterocycles. The molecular weight excluding hydrogens is 316 g/mol. The second kappa shape index (κ2) is 8.03. The highest BCUT2D eigenvalue weighted by Gasteiger charge is 2.41. The molecule has 8 nitrogen and oxygen atoms in total. The van der Waals surface area contributed by atoms with E-state index in [-0.39, 0.29) is 24.2 Å². The molecule has 8 heteroatoms. The van der Waals surface area contributed by atoms with Crippen LogP contribution in [-0.2, 0) is 14.3 Å². The monoisotopic (exact) mass is 342 g/mol. The number of alkyl carbamates (subject to hydrolysis) is 1. The fourth-order valence-corrected chi connectivity index (χ4v) is 2.46. The second-order valence-electron chi connectivity index (χ2n) is 6.85. The molecule has 0 bridgehead atoms. The summed E-state index contributed by atoms with van der Waals surface area (Å²) in [7, 11) is 0. The standard InChI is InChI=1S/C16H26N2O6/c1-11(2)12(19)23-9-10-24-14(22)18-16(17-13(20)21)7-5-15(3,4)6-8-16/h17H,1,5-10H2,2-4H3,(H,18,22)(H,20,21). The Balaban J connectivity index is 2.49. The normalized spacial score (nSPS) is 18.1. The second-order valence-corrected chi connectivity index (χ2v) is 6.85. The van der Waals surface area contributed by atoms with E-state index in [0.717, 1.165) is 12.8 Å². The quantitative estimate of drug-likeness (QED) is 0.295. The molecule has 0 aliphatic heterocycles. The van der Waals surface area contributed by atoms with Gasteiger partial charge in [-0.3, -0.25) is 10.6 Å². The molecule has 0 aromatic heterocycles. The van der Waals surface area contributed by atoms with Crippen LogP contribution >= 0.6 is 0 Å². The zero-order chi connectivity index (χ0) is 18.4. The molecule has 2 amide bonds. The zero-order valence-corrected chi connectivity index (χ0v) is 14.4. The lowest BCUT2D eigenvalue weighted by Crippen LogP contribution is -2.62. The van der Waals surface area contributed by atoms with E-state index in [2.05, 4.69) is 31.1 Å². The van der Waals surface area contributed by atoms with E-state index in [1.807, 2.05) is 0 Å². The fourth-order valence-electron chi connectivity index (χ4n) is 2.46. The molecule has 1 rings (SSSR count). The molecule has 0 aromatic carbocycles. The Morgan fingerprint density at radius 1 is 1.04 bits per heavy atom. The SMILES string of the molecule is C=C(C)C(=O)OCCOC(=O)NC1(NC(=O)O)CCC(C)(C)CC1. The third-order valence-corrected chi connectivity index (χ3v) is 4.04. The molecule has 0 aromatic rings. The molecule has 0 saturated heterocycles. The predicted octanol–water partition coefficient (Wildman–Crippen LogP) is 2.40. The molecule has 0 atom stereocenters. The number of rotatable bonds is 6. The van der Waals surface area contributed by atoms with Gasteiger partial charge in [-0.2, -0.15) is 0 Å². The Bertz CT molecular complexity index is 505.